The molecule has 0 saturated heterocycles. The average molecular weight is 222 g/mol. The Balaban J connectivity index is 2.79. The molecule has 0 amide bonds. The van der Waals surface area contributed by atoms with Crippen molar-refractivity contribution < 1.29 is 27.8 Å². The minimum Gasteiger partial charge on any atom is -0.481 e. The summed E-state index contributed by atoms with van der Waals surface area (Å²) < 4.78 is 38.6. The molecular weight excluding hydrogens is 217 g/mol. The normalized spacial score (nSPS) is 11.1. The van der Waals surface area contributed by atoms with Crippen LogP contribution in [-0.4, -0.2) is 27.4 Å². The van der Waals surface area contributed by atoms with Crippen LogP contribution in [0, 0.1) is 0 Å². The minimum atomic E-state index is -4.86. The van der Waals surface area contributed by atoms with Crippen molar-refractivity contribution in [3.63, 3.8) is 0 Å². The summed E-state index contributed by atoms with van der Waals surface area (Å²) in [6.45, 7) is 0. The van der Waals surface area contributed by atoms with Crippen LogP contribution in [0.1, 0.15) is 5.69 Å². The highest BCUT2D eigenvalue weighted by Gasteiger charge is 2.32. The van der Waals surface area contributed by atoms with E-state index in [0.29, 0.717) is 0 Å². The van der Waals surface area contributed by atoms with E-state index in [1.807, 2.05) is 0 Å². The summed E-state index contributed by atoms with van der Waals surface area (Å²) in [4.78, 5) is 16.9. The summed E-state index contributed by atoms with van der Waals surface area (Å²) in [7, 11) is 0. The molecule has 0 aromatic carbocycles. The lowest BCUT2D eigenvalue weighted by molar-refractivity contribution is -0.276. The fourth-order valence-electron chi connectivity index (χ4n) is 0.794. The molecule has 0 spiro atoms. The van der Waals surface area contributed by atoms with Crippen LogP contribution in [-0.2, 0) is 11.2 Å². The Morgan fingerprint density at radius 3 is 2.67 bits per heavy atom. The van der Waals surface area contributed by atoms with Gasteiger partial charge < -0.3 is 9.84 Å². The number of carbonyl (C=O) groups is 1. The van der Waals surface area contributed by atoms with Gasteiger partial charge in [0.15, 0.2) is 0 Å². The Morgan fingerprint density at radius 2 is 2.13 bits per heavy atom. The summed E-state index contributed by atoms with van der Waals surface area (Å²) in [6, 6.07) is 0. The molecule has 1 rings (SSSR count). The van der Waals surface area contributed by atoms with E-state index in [9.17, 15) is 18.0 Å². The van der Waals surface area contributed by atoms with E-state index >= 15 is 0 Å². The molecule has 1 aromatic rings. The molecule has 1 N–H and O–H groups in total. The molecule has 0 fully saturated rings. The molecule has 0 aliphatic carbocycles. The first kappa shape index (κ1) is 11.2. The maximum absolute atomic E-state index is 11.7. The van der Waals surface area contributed by atoms with Crippen LogP contribution < -0.4 is 4.74 Å². The van der Waals surface area contributed by atoms with E-state index in [4.69, 9.17) is 5.11 Å². The van der Waals surface area contributed by atoms with Crippen LogP contribution >= 0.6 is 0 Å². The highest BCUT2D eigenvalue weighted by molar-refractivity contribution is 5.69. The van der Waals surface area contributed by atoms with Crippen LogP contribution in [0.3, 0.4) is 0 Å². The molecule has 8 heteroatoms. The van der Waals surface area contributed by atoms with E-state index in [1.165, 1.54) is 0 Å². The van der Waals surface area contributed by atoms with Crippen LogP contribution in [0.5, 0.6) is 5.88 Å². The zero-order chi connectivity index (χ0) is 11.5. The van der Waals surface area contributed by atoms with Gasteiger partial charge in [0.2, 0.25) is 5.88 Å². The van der Waals surface area contributed by atoms with Gasteiger partial charge in [0.05, 0.1) is 18.3 Å². The van der Waals surface area contributed by atoms with Crippen molar-refractivity contribution in [1.29, 1.82) is 0 Å². The zero-order valence-corrected chi connectivity index (χ0v) is 7.15. The number of carboxylic acids is 1. The minimum absolute atomic E-state index is 0.107. The zero-order valence-electron chi connectivity index (χ0n) is 7.15. The Kier molecular flexibility index (Phi) is 3.08. The average Bonchev–Trinajstić information content (AvgIpc) is 1.99. The number of hydrogen-bond acceptors (Lipinski definition) is 4. The number of aliphatic carboxylic acids is 1. The van der Waals surface area contributed by atoms with Gasteiger partial charge in [-0.2, -0.15) is 0 Å². The van der Waals surface area contributed by atoms with Crippen molar-refractivity contribution in [2.45, 2.75) is 12.8 Å². The fourth-order valence-corrected chi connectivity index (χ4v) is 0.794. The third-order valence-corrected chi connectivity index (χ3v) is 1.21. The molecule has 15 heavy (non-hydrogen) atoms. The summed E-state index contributed by atoms with van der Waals surface area (Å²) >= 11 is 0. The number of aromatic nitrogens is 2. The molecule has 1 aromatic heterocycles. The van der Waals surface area contributed by atoms with Gasteiger partial charge in [0.25, 0.3) is 0 Å². The Labute approximate surface area is 81.5 Å². The SMILES string of the molecule is O=C(O)Cc1cncc(OC(F)(F)F)n1. The molecular formula is C7H5F3N2O3. The van der Waals surface area contributed by atoms with E-state index < -0.39 is 24.6 Å². The van der Waals surface area contributed by atoms with Gasteiger partial charge in [-0.15, -0.1) is 13.2 Å². The van der Waals surface area contributed by atoms with Gasteiger partial charge in [0, 0.05) is 6.20 Å². The second-order valence-corrected chi connectivity index (χ2v) is 2.47. The van der Waals surface area contributed by atoms with E-state index in [1.54, 1.807) is 0 Å². The Hall–Kier alpha value is -1.86. The number of nitrogens with zero attached hydrogens (tertiary/aromatic N) is 2. The standard InChI is InChI=1S/C7H5F3N2O3/c8-7(9,10)15-5-3-11-2-4(12-5)1-6(13)14/h2-3H,1H2,(H,13,14). The highest BCUT2D eigenvalue weighted by atomic mass is 19.4. The predicted molar refractivity (Wildman–Crippen MR) is 40.1 cm³/mol. The number of ether oxygens (including phenoxy) is 1. The Bertz CT molecular complexity index is 367. The smallest absolute Gasteiger partial charge is 0.481 e. The molecule has 0 saturated carbocycles. The largest absolute Gasteiger partial charge is 0.574 e. The quantitative estimate of drug-likeness (QED) is 0.825. The van der Waals surface area contributed by atoms with Crippen LogP contribution in [0.4, 0.5) is 13.2 Å². The molecule has 0 radical (unpaired) electrons. The molecule has 0 bridgehead atoms. The fraction of sp³-hybridized carbons (Fsp3) is 0.286. The molecule has 0 aliphatic heterocycles. The first-order valence-corrected chi connectivity index (χ1v) is 3.65. The van der Waals surface area contributed by atoms with Gasteiger partial charge in [-0.25, -0.2) is 4.98 Å². The number of carboxylic acid groups (broad SMARTS) is 1. The van der Waals surface area contributed by atoms with Crippen LogP contribution in [0.25, 0.3) is 0 Å². The first-order chi connectivity index (χ1) is 6.87. The summed E-state index contributed by atoms with van der Waals surface area (Å²) in [6.07, 6.45) is -3.57. The number of hydrogen-bond donors (Lipinski definition) is 1. The third-order valence-electron chi connectivity index (χ3n) is 1.21. The summed E-state index contributed by atoms with van der Waals surface area (Å²) in [5, 5.41) is 8.36. The number of alkyl halides is 3. The van der Waals surface area contributed by atoms with Crippen molar-refractivity contribution >= 4 is 5.97 Å². The van der Waals surface area contributed by atoms with E-state index in [0.717, 1.165) is 12.4 Å². The molecule has 82 valence electrons. The molecule has 0 unspecified atom stereocenters. The summed E-state index contributed by atoms with van der Waals surface area (Å²) in [5.74, 6) is -1.99. The lowest BCUT2D eigenvalue weighted by atomic mass is 10.3. The summed E-state index contributed by atoms with van der Waals surface area (Å²) in [5.41, 5.74) is -0.107. The monoisotopic (exact) mass is 222 g/mol. The van der Waals surface area contributed by atoms with E-state index in [2.05, 4.69) is 14.7 Å². The van der Waals surface area contributed by atoms with Gasteiger partial charge in [0.1, 0.15) is 0 Å². The van der Waals surface area contributed by atoms with Crippen molar-refractivity contribution in [2.75, 3.05) is 0 Å². The van der Waals surface area contributed by atoms with Crippen molar-refractivity contribution in [2.24, 2.45) is 0 Å². The predicted octanol–water partition coefficient (Wildman–Crippen LogP) is 1.00. The van der Waals surface area contributed by atoms with Crippen LogP contribution in [0.15, 0.2) is 12.4 Å². The van der Waals surface area contributed by atoms with E-state index in [-0.39, 0.29) is 5.69 Å². The van der Waals surface area contributed by atoms with Crippen LogP contribution in [0.2, 0.25) is 0 Å². The van der Waals surface area contributed by atoms with Crippen molar-refractivity contribution in [3.05, 3.63) is 18.1 Å². The molecule has 0 atom stereocenters. The lowest BCUT2D eigenvalue weighted by Gasteiger charge is -2.07. The van der Waals surface area contributed by atoms with Gasteiger partial charge in [-0.3, -0.25) is 9.78 Å². The number of rotatable bonds is 3. The number of halogens is 3. The van der Waals surface area contributed by atoms with Crippen molar-refractivity contribution in [3.8, 4) is 5.88 Å². The van der Waals surface area contributed by atoms with Crippen molar-refractivity contribution in [1.82, 2.24) is 9.97 Å². The van der Waals surface area contributed by atoms with Gasteiger partial charge >= 0.3 is 12.3 Å². The topological polar surface area (TPSA) is 72.3 Å². The molecule has 0 aliphatic rings. The Morgan fingerprint density at radius 1 is 1.47 bits per heavy atom. The third kappa shape index (κ3) is 4.25. The molecule has 5 nitrogen and oxygen atoms in total. The maximum atomic E-state index is 11.7. The second-order valence-electron chi connectivity index (χ2n) is 2.47. The molecule has 1 heterocycles. The maximum Gasteiger partial charge on any atom is 0.574 e. The first-order valence-electron chi connectivity index (χ1n) is 3.65. The van der Waals surface area contributed by atoms with Gasteiger partial charge in [-0.1, -0.05) is 0 Å². The lowest BCUT2D eigenvalue weighted by Crippen LogP contribution is -2.18. The second kappa shape index (κ2) is 4.11. The highest BCUT2D eigenvalue weighted by Crippen LogP contribution is 2.19. The van der Waals surface area contributed by atoms with Gasteiger partial charge in [-0.05, 0) is 0 Å².